The standard InChI is InChI=1S/C21H16BrClF3NO4/c1-20(21(24,25)26)15(17(28)12-5-9-14(23)10-6-12)16(11-3-7-13(22)8-4-11)27(30)18(20)19(29)31-2/h3-10,15-16H,1-2H3/t15-,16+,20-/m1/s1. The number of alkyl halides is 3. The number of benzene rings is 2. The average Bonchev–Trinajstić information content (AvgIpc) is 2.96. The van der Waals surface area contributed by atoms with Crippen LogP contribution in [0.15, 0.2) is 53.0 Å². The number of methoxy groups -OCH3 is 1. The average molecular weight is 519 g/mol. The van der Waals surface area contributed by atoms with Gasteiger partial charge in [-0.2, -0.15) is 17.9 Å². The van der Waals surface area contributed by atoms with Crippen LogP contribution in [0.3, 0.4) is 0 Å². The molecule has 1 aliphatic heterocycles. The fourth-order valence-electron chi connectivity index (χ4n) is 3.86. The molecule has 0 unspecified atom stereocenters. The lowest BCUT2D eigenvalue weighted by Crippen LogP contribution is -2.51. The summed E-state index contributed by atoms with van der Waals surface area (Å²) in [6.45, 7) is 0.682. The lowest BCUT2D eigenvalue weighted by molar-refractivity contribution is -0.502. The number of hydrogen-bond donors (Lipinski definition) is 0. The zero-order chi connectivity index (χ0) is 23.1. The smallest absolute Gasteiger partial charge is 0.405 e. The van der Waals surface area contributed by atoms with Crippen LogP contribution in [-0.4, -0.2) is 35.5 Å². The first-order valence-electron chi connectivity index (χ1n) is 8.97. The Morgan fingerprint density at radius 3 is 2.16 bits per heavy atom. The summed E-state index contributed by atoms with van der Waals surface area (Å²) in [4.78, 5) is 25.7. The number of ketones is 1. The Morgan fingerprint density at radius 2 is 1.68 bits per heavy atom. The molecule has 1 heterocycles. The van der Waals surface area contributed by atoms with E-state index < -0.39 is 41.0 Å². The van der Waals surface area contributed by atoms with Crippen molar-refractivity contribution in [2.45, 2.75) is 19.1 Å². The highest BCUT2D eigenvalue weighted by Crippen LogP contribution is 2.55. The molecule has 164 valence electrons. The molecule has 0 bridgehead atoms. The summed E-state index contributed by atoms with van der Waals surface area (Å²) in [6.07, 6.45) is -5.10. The van der Waals surface area contributed by atoms with Crippen molar-refractivity contribution in [2.75, 3.05) is 7.11 Å². The van der Waals surface area contributed by atoms with Crippen molar-refractivity contribution in [1.29, 1.82) is 0 Å². The van der Waals surface area contributed by atoms with Crippen molar-refractivity contribution < 1.29 is 32.2 Å². The van der Waals surface area contributed by atoms with E-state index in [1.165, 1.54) is 48.5 Å². The van der Waals surface area contributed by atoms with Crippen LogP contribution in [0.4, 0.5) is 13.2 Å². The summed E-state index contributed by atoms with van der Waals surface area (Å²) in [7, 11) is 0.878. The van der Waals surface area contributed by atoms with E-state index in [2.05, 4.69) is 20.7 Å². The monoisotopic (exact) mass is 517 g/mol. The van der Waals surface area contributed by atoms with Crippen LogP contribution in [0.2, 0.25) is 5.02 Å². The third-order valence-corrected chi connectivity index (χ3v) is 6.27. The third-order valence-electron chi connectivity index (χ3n) is 5.49. The lowest BCUT2D eigenvalue weighted by Gasteiger charge is -2.31. The maximum Gasteiger partial charge on any atom is 0.405 e. The number of hydroxylamine groups is 1. The summed E-state index contributed by atoms with van der Waals surface area (Å²) in [6, 6.07) is 9.63. The van der Waals surface area contributed by atoms with Gasteiger partial charge in [0.15, 0.2) is 11.2 Å². The van der Waals surface area contributed by atoms with Crippen LogP contribution in [0, 0.1) is 16.5 Å². The second-order valence-electron chi connectivity index (χ2n) is 7.21. The highest BCUT2D eigenvalue weighted by Gasteiger charge is 2.74. The number of esters is 1. The quantitative estimate of drug-likeness (QED) is 0.237. The topological polar surface area (TPSA) is 69.4 Å². The molecule has 1 aliphatic rings. The van der Waals surface area contributed by atoms with Gasteiger partial charge in [-0.15, -0.1) is 0 Å². The highest BCUT2D eigenvalue weighted by atomic mass is 79.9. The molecule has 0 radical (unpaired) electrons. The Morgan fingerprint density at radius 1 is 1.13 bits per heavy atom. The molecule has 3 atom stereocenters. The maximum absolute atomic E-state index is 14.4. The molecule has 0 N–H and O–H groups in total. The van der Waals surface area contributed by atoms with Gasteiger partial charge in [-0.3, -0.25) is 4.79 Å². The van der Waals surface area contributed by atoms with Crippen molar-refractivity contribution in [3.05, 3.63) is 74.4 Å². The molecule has 31 heavy (non-hydrogen) atoms. The summed E-state index contributed by atoms with van der Waals surface area (Å²) >= 11 is 9.06. The molecule has 10 heteroatoms. The van der Waals surface area contributed by atoms with Gasteiger partial charge < -0.3 is 9.94 Å². The fourth-order valence-corrected chi connectivity index (χ4v) is 4.25. The minimum absolute atomic E-state index is 0.0406. The SMILES string of the molecule is COC(=O)C1=[N+]([O-])[C@@H](c2ccc(Br)cc2)[C@H](C(=O)c2ccc(Cl)cc2)[C@@]1(C)C(F)(F)F. The van der Waals surface area contributed by atoms with Crippen LogP contribution < -0.4 is 0 Å². The Balaban J connectivity index is 2.30. The second kappa shape index (κ2) is 8.27. The second-order valence-corrected chi connectivity index (χ2v) is 8.56. The molecule has 3 rings (SSSR count). The molecule has 0 fully saturated rings. The number of carbonyl (C=O) groups is 2. The van der Waals surface area contributed by atoms with Gasteiger partial charge in [-0.1, -0.05) is 39.7 Å². The van der Waals surface area contributed by atoms with Gasteiger partial charge in [0.2, 0.25) is 6.04 Å². The normalized spacial score (nSPS) is 23.7. The number of hydrogen-bond acceptors (Lipinski definition) is 4. The zero-order valence-electron chi connectivity index (χ0n) is 16.2. The Labute approximate surface area is 189 Å². The fraction of sp³-hybridized carbons (Fsp3) is 0.286. The highest BCUT2D eigenvalue weighted by molar-refractivity contribution is 9.10. The number of nitrogens with zero attached hydrogens (tertiary/aromatic N) is 1. The van der Waals surface area contributed by atoms with Crippen molar-refractivity contribution in [1.82, 2.24) is 0 Å². The van der Waals surface area contributed by atoms with Crippen molar-refractivity contribution in [3.63, 3.8) is 0 Å². The number of carbonyl (C=O) groups excluding carboxylic acids is 2. The molecule has 5 nitrogen and oxygen atoms in total. The molecule has 0 aromatic heterocycles. The van der Waals surface area contributed by atoms with Crippen LogP contribution in [0.5, 0.6) is 0 Å². The summed E-state index contributed by atoms with van der Waals surface area (Å²) < 4.78 is 48.4. The first kappa shape index (κ1) is 23.3. The molecular weight excluding hydrogens is 503 g/mol. The number of ether oxygens (including phenoxy) is 1. The van der Waals surface area contributed by atoms with E-state index in [-0.39, 0.29) is 15.9 Å². The molecular formula is C21H16BrClF3NO4. The number of rotatable bonds is 4. The van der Waals surface area contributed by atoms with Crippen molar-refractivity contribution in [2.24, 2.45) is 11.3 Å². The molecule has 2 aromatic rings. The van der Waals surface area contributed by atoms with E-state index in [9.17, 15) is 28.0 Å². The maximum atomic E-state index is 14.4. The number of Topliss-reactive ketones (excluding diaryl/α,β-unsaturated/α-hetero) is 1. The third kappa shape index (κ3) is 3.85. The molecule has 0 amide bonds. The van der Waals surface area contributed by atoms with E-state index in [1.54, 1.807) is 0 Å². The van der Waals surface area contributed by atoms with E-state index >= 15 is 0 Å². The Kier molecular flexibility index (Phi) is 6.21. The molecule has 2 aromatic carbocycles. The molecule has 0 aliphatic carbocycles. The van der Waals surface area contributed by atoms with Gasteiger partial charge in [0, 0.05) is 20.6 Å². The van der Waals surface area contributed by atoms with E-state index in [4.69, 9.17) is 11.6 Å². The molecule has 0 saturated carbocycles. The first-order chi connectivity index (χ1) is 14.4. The summed E-state index contributed by atoms with van der Waals surface area (Å²) in [5.41, 5.74) is -4.16. The van der Waals surface area contributed by atoms with Crippen molar-refractivity contribution >= 4 is 45.0 Å². The van der Waals surface area contributed by atoms with Gasteiger partial charge in [-0.25, -0.2) is 4.79 Å². The van der Waals surface area contributed by atoms with Crippen LogP contribution in [-0.2, 0) is 9.53 Å². The van der Waals surface area contributed by atoms with E-state index in [0.29, 0.717) is 16.4 Å². The van der Waals surface area contributed by atoms with Crippen LogP contribution >= 0.6 is 27.5 Å². The van der Waals surface area contributed by atoms with Gasteiger partial charge in [0.25, 0.3) is 5.71 Å². The molecule has 0 spiro atoms. The minimum Gasteiger partial charge on any atom is -0.623 e. The van der Waals surface area contributed by atoms with E-state index in [0.717, 1.165) is 7.11 Å². The predicted octanol–water partition coefficient (Wildman–Crippen LogP) is 5.35. The largest absolute Gasteiger partial charge is 0.623 e. The first-order valence-corrected chi connectivity index (χ1v) is 10.1. The van der Waals surface area contributed by atoms with Gasteiger partial charge in [0.1, 0.15) is 5.92 Å². The van der Waals surface area contributed by atoms with Crippen LogP contribution in [0.25, 0.3) is 0 Å². The minimum atomic E-state index is -5.10. The molecule has 0 saturated heterocycles. The van der Waals surface area contributed by atoms with Gasteiger partial charge in [-0.05, 0) is 43.3 Å². The van der Waals surface area contributed by atoms with E-state index in [1.807, 2.05) is 0 Å². The van der Waals surface area contributed by atoms with Crippen molar-refractivity contribution in [3.8, 4) is 0 Å². The van der Waals surface area contributed by atoms with Crippen LogP contribution in [0.1, 0.15) is 28.9 Å². The lowest BCUT2D eigenvalue weighted by atomic mass is 9.68. The number of halogens is 5. The zero-order valence-corrected chi connectivity index (χ0v) is 18.6. The summed E-state index contributed by atoms with van der Waals surface area (Å²) in [5, 5.41) is 13.4. The Bertz CT molecular complexity index is 1050. The van der Waals surface area contributed by atoms with Gasteiger partial charge >= 0.3 is 12.1 Å². The predicted molar refractivity (Wildman–Crippen MR) is 111 cm³/mol. The van der Waals surface area contributed by atoms with Gasteiger partial charge in [0.05, 0.1) is 7.11 Å². The Hall–Kier alpha value is -2.39. The summed E-state index contributed by atoms with van der Waals surface area (Å²) in [5.74, 6) is -4.33.